The van der Waals surface area contributed by atoms with E-state index in [0.29, 0.717) is 0 Å². The molecule has 11 aromatic rings. The van der Waals surface area contributed by atoms with Crippen LogP contribution in [0.3, 0.4) is 0 Å². The lowest BCUT2D eigenvalue weighted by molar-refractivity contribution is 0.131. The van der Waals surface area contributed by atoms with Crippen LogP contribution in [0.1, 0.15) is 482 Å². The van der Waals surface area contributed by atoms with Gasteiger partial charge in [-0.15, -0.1) is 0 Å². The molecule has 0 saturated heterocycles. The third-order valence-electron chi connectivity index (χ3n) is 34.8. The van der Waals surface area contributed by atoms with Crippen molar-refractivity contribution in [2.45, 2.75) is 449 Å². The van der Waals surface area contributed by atoms with Crippen LogP contribution in [0.15, 0.2) is 218 Å². The molecule has 1 N–H and O–H groups in total. The Morgan fingerprint density at radius 3 is 0.526 bits per heavy atom. The molecule has 11 aromatic carbocycles. The van der Waals surface area contributed by atoms with Crippen molar-refractivity contribution in [3.63, 3.8) is 0 Å². The molecule has 0 saturated carbocycles. The third-order valence-corrected chi connectivity index (χ3v) is 34.8. The SMILES string of the molecule is CCCCCCCCC1(CCCCCCCC)c2ccccc2-c2ccc(-c3ccc4c(c3)C(CCCCCCCC)(CCCCCCCC)c3cc(-c5ccc6c(c5)C(O)(c5ccc(C)cc5)c5cc(-c7ccc8c(c7)C(CCCCCCCC)(CCCCCCCC)c7cc(-c9ccc%10c(c9)C(CCCCCCCC)(CCCCCCCC)c9ccccc9-%10)ccc7-8)ccc5-6)ccc3-4)cc21. The first kappa shape index (κ1) is 101. The van der Waals surface area contributed by atoms with Crippen LogP contribution in [0.2, 0.25) is 0 Å². The number of hydrogen-bond donors (Lipinski definition) is 1. The first-order valence-electron chi connectivity index (χ1n) is 57.6. The molecule has 0 fully saturated rings. The van der Waals surface area contributed by atoms with E-state index in [1.54, 1.807) is 33.4 Å². The molecule has 1 nitrogen and oxygen atoms in total. The predicted molar refractivity (Wildman–Crippen MR) is 596 cm³/mol. The van der Waals surface area contributed by atoms with Crippen LogP contribution in [0.25, 0.3) is 100 Å². The minimum absolute atomic E-state index is 0.0186. The minimum atomic E-state index is -1.42. The Morgan fingerprint density at radius 2 is 0.321 bits per heavy atom. The van der Waals surface area contributed by atoms with Gasteiger partial charge in [0.15, 0.2) is 0 Å². The number of aliphatic hydroxyl groups is 1. The lowest BCUT2D eigenvalue weighted by atomic mass is 9.69. The summed E-state index contributed by atoms with van der Waals surface area (Å²) in [5.41, 5.74) is 39.2. The van der Waals surface area contributed by atoms with Crippen molar-refractivity contribution in [3.05, 3.63) is 285 Å². The van der Waals surface area contributed by atoms with Crippen molar-refractivity contribution in [3.8, 4) is 100 Å². The molecule has 5 aliphatic rings. The van der Waals surface area contributed by atoms with Gasteiger partial charge in [-0.05, 0) is 257 Å². The molecule has 0 spiro atoms. The highest BCUT2D eigenvalue weighted by Crippen LogP contribution is 2.63. The van der Waals surface area contributed by atoms with Crippen LogP contribution < -0.4 is 0 Å². The van der Waals surface area contributed by atoms with Crippen LogP contribution in [-0.4, -0.2) is 5.11 Å². The molecule has 0 unspecified atom stereocenters. The largest absolute Gasteiger partial charge is 0.376 e. The van der Waals surface area contributed by atoms with Gasteiger partial charge in [0.2, 0.25) is 0 Å². The van der Waals surface area contributed by atoms with Gasteiger partial charge in [-0.1, -0.05) is 539 Å². The highest BCUT2D eigenvalue weighted by molar-refractivity contribution is 5.93. The molecule has 726 valence electrons. The van der Waals surface area contributed by atoms with E-state index in [-0.39, 0.29) is 21.7 Å². The predicted octanol–water partition coefficient (Wildman–Crippen LogP) is 42.0. The topological polar surface area (TPSA) is 20.2 Å². The van der Waals surface area contributed by atoms with Gasteiger partial charge in [0.1, 0.15) is 5.60 Å². The number of fused-ring (bicyclic) bond motifs is 15. The van der Waals surface area contributed by atoms with Crippen molar-refractivity contribution in [2.24, 2.45) is 0 Å². The fourth-order valence-corrected chi connectivity index (χ4v) is 27.1. The third kappa shape index (κ3) is 22.0. The number of hydrogen-bond acceptors (Lipinski definition) is 1. The van der Waals surface area contributed by atoms with Crippen molar-refractivity contribution < 1.29 is 5.11 Å². The molecule has 1 heteroatoms. The normalized spacial score (nSPS) is 14.7. The molecule has 0 amide bonds. The Balaban J connectivity index is 0.772. The molecule has 137 heavy (non-hydrogen) atoms. The van der Waals surface area contributed by atoms with E-state index in [1.807, 2.05) is 0 Å². The second-order valence-corrected chi connectivity index (χ2v) is 44.2. The smallest absolute Gasteiger partial charge is 0.141 e. The average Bonchev–Trinajstić information content (AvgIpc) is 1.58. The van der Waals surface area contributed by atoms with E-state index in [1.165, 1.54) is 440 Å². The molecule has 0 bridgehead atoms. The quantitative estimate of drug-likeness (QED) is 0.0377. The summed E-state index contributed by atoms with van der Waals surface area (Å²) in [6.45, 7) is 21.1. The molecule has 0 radical (unpaired) electrons. The lowest BCUT2D eigenvalue weighted by Crippen LogP contribution is -2.26. The Labute approximate surface area is 833 Å². The zero-order valence-electron chi connectivity index (χ0n) is 87.3. The summed E-state index contributed by atoms with van der Waals surface area (Å²) in [5, 5.41) is 14.7. The van der Waals surface area contributed by atoms with Gasteiger partial charge in [0.25, 0.3) is 0 Å². The second kappa shape index (κ2) is 49.2. The van der Waals surface area contributed by atoms with Crippen molar-refractivity contribution in [1.82, 2.24) is 0 Å². The summed E-state index contributed by atoms with van der Waals surface area (Å²) in [7, 11) is 0. The Morgan fingerprint density at radius 1 is 0.161 bits per heavy atom. The fourth-order valence-electron chi connectivity index (χ4n) is 27.1. The van der Waals surface area contributed by atoms with Gasteiger partial charge < -0.3 is 5.11 Å². The maximum absolute atomic E-state index is 14.7. The summed E-state index contributed by atoms with van der Waals surface area (Å²) in [6, 6.07) is 89.2. The molecular formula is C136H176O. The Kier molecular flexibility index (Phi) is 36.4. The number of rotatable bonds is 61. The number of aryl methyl sites for hydroxylation is 1. The lowest BCUT2D eigenvalue weighted by Gasteiger charge is -2.34. The highest BCUT2D eigenvalue weighted by Gasteiger charge is 2.49. The van der Waals surface area contributed by atoms with Gasteiger partial charge in [-0.2, -0.15) is 0 Å². The molecular weight excluding hydrogens is 1650 g/mol. The van der Waals surface area contributed by atoms with E-state index < -0.39 is 5.60 Å². The van der Waals surface area contributed by atoms with Crippen LogP contribution in [0.5, 0.6) is 0 Å². The van der Waals surface area contributed by atoms with Crippen molar-refractivity contribution in [2.75, 3.05) is 0 Å². The number of benzene rings is 11. The van der Waals surface area contributed by atoms with Gasteiger partial charge in [0, 0.05) is 32.8 Å². The van der Waals surface area contributed by atoms with E-state index in [9.17, 15) is 5.11 Å². The standard InChI is InChI=1S/C136H176O/c1-10-18-26-34-42-54-86-132(87-55-43-35-27-19-11-2)122-64-52-50-62-112(122)114-78-68-103(94-124(114)132)105-70-80-116-118-82-72-107(98-128(118)134(126(116)96-105,90-58-46-38-30-22-14-5)91-59-47-39-31-23-15-6)109-74-84-120-121-85-75-110(101-131(121)136(137,130(120)100-109)111-76-66-102(9)67-77-111)108-73-83-119-117-81-71-106(97-127(117)135(129(119)99-108,92-60-48-40-32-24-16-7)93-61-49-41-33-25-17-8)104-69-79-115-113-63-51-53-65-123(113)133(125(115)95-104,88-56-44-36-28-20-12-3)89-57-45-37-29-21-13-4/h50-53,62-85,94-101,137H,10-49,54-61,86-93H2,1-9H3. The van der Waals surface area contributed by atoms with Crippen molar-refractivity contribution >= 4 is 0 Å². The summed E-state index contributed by atoms with van der Waals surface area (Å²) in [6.07, 6.45) is 72.0. The first-order valence-corrected chi connectivity index (χ1v) is 57.6. The maximum Gasteiger partial charge on any atom is 0.141 e. The van der Waals surface area contributed by atoms with Crippen LogP contribution in [0, 0.1) is 6.92 Å². The molecule has 0 aromatic heterocycles. The summed E-state index contributed by atoms with van der Waals surface area (Å²) in [4.78, 5) is 0. The fraction of sp³-hybridized carbons (Fsp3) is 0.515. The monoisotopic (exact) mass is 1830 g/mol. The second-order valence-electron chi connectivity index (χ2n) is 44.2. The van der Waals surface area contributed by atoms with Gasteiger partial charge in [-0.3, -0.25) is 0 Å². The van der Waals surface area contributed by atoms with E-state index in [4.69, 9.17) is 0 Å². The van der Waals surface area contributed by atoms with E-state index in [2.05, 4.69) is 281 Å². The molecule has 0 aliphatic heterocycles. The zero-order valence-corrected chi connectivity index (χ0v) is 87.3. The summed E-state index contributed by atoms with van der Waals surface area (Å²) >= 11 is 0. The number of unbranched alkanes of at least 4 members (excludes halogenated alkanes) is 40. The van der Waals surface area contributed by atoms with Crippen molar-refractivity contribution in [1.29, 1.82) is 0 Å². The average molecular weight is 1830 g/mol. The maximum atomic E-state index is 14.7. The van der Waals surface area contributed by atoms with E-state index in [0.717, 1.165) is 53.5 Å². The molecule has 0 heterocycles. The molecule has 0 atom stereocenters. The van der Waals surface area contributed by atoms with Gasteiger partial charge in [-0.25, -0.2) is 0 Å². The summed E-state index contributed by atoms with van der Waals surface area (Å²) in [5.74, 6) is 0. The Bertz CT molecular complexity index is 5300. The Hall–Kier alpha value is -8.62. The summed E-state index contributed by atoms with van der Waals surface area (Å²) < 4.78 is 0. The van der Waals surface area contributed by atoms with E-state index >= 15 is 0 Å². The van der Waals surface area contributed by atoms with Gasteiger partial charge >= 0.3 is 0 Å². The molecule has 16 rings (SSSR count). The molecule has 5 aliphatic carbocycles. The first-order chi connectivity index (χ1) is 67.4. The van der Waals surface area contributed by atoms with Gasteiger partial charge in [0.05, 0.1) is 0 Å². The van der Waals surface area contributed by atoms with Crippen LogP contribution in [-0.2, 0) is 27.3 Å². The zero-order chi connectivity index (χ0) is 94.9. The van der Waals surface area contributed by atoms with Crippen LogP contribution in [0.4, 0.5) is 0 Å². The minimum Gasteiger partial charge on any atom is -0.376 e. The highest BCUT2D eigenvalue weighted by atomic mass is 16.3. The van der Waals surface area contributed by atoms with Crippen LogP contribution >= 0.6 is 0 Å².